The van der Waals surface area contributed by atoms with Crippen LogP contribution in [0.5, 0.6) is 0 Å². The van der Waals surface area contributed by atoms with E-state index >= 15 is 0 Å². The fourth-order valence-corrected chi connectivity index (χ4v) is 1.88. The van der Waals surface area contributed by atoms with Gasteiger partial charge in [-0.15, -0.1) is 11.6 Å². The SMILES string of the molecule is CCCCC1CCN(CCl)C1=O. The van der Waals surface area contributed by atoms with Crippen molar-refractivity contribution in [2.24, 2.45) is 5.92 Å². The second kappa shape index (κ2) is 4.70. The minimum absolute atomic E-state index is 0.262. The van der Waals surface area contributed by atoms with Gasteiger partial charge in [0, 0.05) is 12.5 Å². The van der Waals surface area contributed by atoms with Crippen LogP contribution in [-0.2, 0) is 4.79 Å². The molecule has 1 fully saturated rings. The monoisotopic (exact) mass is 189 g/mol. The third-order valence-corrected chi connectivity index (χ3v) is 2.75. The third kappa shape index (κ3) is 2.13. The molecule has 0 N–H and O–H groups in total. The van der Waals surface area contributed by atoms with E-state index in [0.29, 0.717) is 6.00 Å². The van der Waals surface area contributed by atoms with E-state index in [-0.39, 0.29) is 11.8 Å². The molecule has 1 atom stereocenters. The van der Waals surface area contributed by atoms with Crippen LogP contribution in [0.3, 0.4) is 0 Å². The number of carbonyl (C=O) groups excluding carboxylic acids is 1. The molecule has 1 rings (SSSR count). The molecule has 1 aliphatic heterocycles. The molecule has 2 nitrogen and oxygen atoms in total. The molecule has 0 bridgehead atoms. The van der Waals surface area contributed by atoms with Crippen molar-refractivity contribution >= 4 is 17.5 Å². The molecular weight excluding hydrogens is 174 g/mol. The van der Waals surface area contributed by atoms with Crippen LogP contribution in [0.4, 0.5) is 0 Å². The molecule has 3 heteroatoms. The van der Waals surface area contributed by atoms with E-state index in [9.17, 15) is 4.79 Å². The number of hydrogen-bond donors (Lipinski definition) is 0. The standard InChI is InChI=1S/C9H16ClNO/c1-2-3-4-8-5-6-11(7-10)9(8)12/h8H,2-7H2,1H3. The van der Waals surface area contributed by atoms with E-state index in [1.807, 2.05) is 0 Å². The summed E-state index contributed by atoms with van der Waals surface area (Å²) < 4.78 is 0. The van der Waals surface area contributed by atoms with Crippen molar-refractivity contribution in [2.75, 3.05) is 12.5 Å². The van der Waals surface area contributed by atoms with Gasteiger partial charge in [-0.1, -0.05) is 19.8 Å². The third-order valence-electron chi connectivity index (χ3n) is 2.46. The molecule has 1 amide bonds. The van der Waals surface area contributed by atoms with Gasteiger partial charge in [0.2, 0.25) is 5.91 Å². The van der Waals surface area contributed by atoms with Crippen LogP contribution >= 0.6 is 11.6 Å². The van der Waals surface area contributed by atoms with Crippen LogP contribution in [0.1, 0.15) is 32.6 Å². The van der Waals surface area contributed by atoms with Gasteiger partial charge in [-0.05, 0) is 12.8 Å². The van der Waals surface area contributed by atoms with Crippen LogP contribution in [0.2, 0.25) is 0 Å². The Bertz CT molecular complexity index is 161. The summed E-state index contributed by atoms with van der Waals surface area (Å²) in [5.41, 5.74) is 0. The molecule has 1 heterocycles. The van der Waals surface area contributed by atoms with E-state index in [1.54, 1.807) is 4.90 Å². The minimum atomic E-state index is 0.262. The first-order valence-corrected chi connectivity index (χ1v) is 5.17. The number of halogens is 1. The molecule has 70 valence electrons. The molecular formula is C9H16ClNO. The minimum Gasteiger partial charge on any atom is -0.329 e. The van der Waals surface area contributed by atoms with Gasteiger partial charge in [0.25, 0.3) is 0 Å². The number of alkyl halides is 1. The molecule has 1 saturated heterocycles. The summed E-state index contributed by atoms with van der Waals surface area (Å²) in [4.78, 5) is 13.2. The highest BCUT2D eigenvalue weighted by molar-refractivity contribution is 6.18. The maximum absolute atomic E-state index is 11.5. The summed E-state index contributed by atoms with van der Waals surface area (Å²) in [6.45, 7) is 3.01. The van der Waals surface area contributed by atoms with Crippen molar-refractivity contribution in [1.29, 1.82) is 0 Å². The first-order chi connectivity index (χ1) is 5.79. The van der Waals surface area contributed by atoms with Gasteiger partial charge in [-0.25, -0.2) is 0 Å². The zero-order valence-electron chi connectivity index (χ0n) is 7.55. The molecule has 0 aromatic heterocycles. The first kappa shape index (κ1) is 9.85. The van der Waals surface area contributed by atoms with E-state index in [1.165, 1.54) is 6.42 Å². The van der Waals surface area contributed by atoms with E-state index in [2.05, 4.69) is 6.92 Å². The van der Waals surface area contributed by atoms with Crippen LogP contribution in [0.15, 0.2) is 0 Å². The van der Waals surface area contributed by atoms with Gasteiger partial charge < -0.3 is 4.90 Å². The number of nitrogens with zero attached hydrogens (tertiary/aromatic N) is 1. The Labute approximate surface area is 78.9 Å². The van der Waals surface area contributed by atoms with Crippen LogP contribution < -0.4 is 0 Å². The Kier molecular flexibility index (Phi) is 3.86. The highest BCUT2D eigenvalue weighted by atomic mass is 35.5. The fraction of sp³-hybridized carbons (Fsp3) is 0.889. The lowest BCUT2D eigenvalue weighted by Crippen LogP contribution is -2.25. The Morgan fingerprint density at radius 3 is 2.92 bits per heavy atom. The molecule has 1 aliphatic rings. The molecule has 0 aromatic carbocycles. The lowest BCUT2D eigenvalue weighted by molar-refractivity contribution is -0.130. The second-order valence-corrected chi connectivity index (χ2v) is 3.59. The Morgan fingerprint density at radius 2 is 2.42 bits per heavy atom. The number of rotatable bonds is 4. The van der Waals surface area contributed by atoms with Gasteiger partial charge in [-0.2, -0.15) is 0 Å². The quantitative estimate of drug-likeness (QED) is 0.491. The van der Waals surface area contributed by atoms with Gasteiger partial charge in [0.05, 0.1) is 6.00 Å². The Balaban J connectivity index is 2.33. The topological polar surface area (TPSA) is 20.3 Å². The van der Waals surface area contributed by atoms with Crippen molar-refractivity contribution in [3.05, 3.63) is 0 Å². The van der Waals surface area contributed by atoms with E-state index in [4.69, 9.17) is 11.6 Å². The van der Waals surface area contributed by atoms with Crippen molar-refractivity contribution in [1.82, 2.24) is 4.90 Å². The van der Waals surface area contributed by atoms with Gasteiger partial charge in [0.1, 0.15) is 0 Å². The second-order valence-electron chi connectivity index (χ2n) is 3.35. The average Bonchev–Trinajstić information content (AvgIpc) is 2.43. The summed E-state index contributed by atoms with van der Waals surface area (Å²) in [6, 6.07) is 0.363. The van der Waals surface area contributed by atoms with Crippen molar-refractivity contribution in [3.63, 3.8) is 0 Å². The number of unbranched alkanes of at least 4 members (excludes halogenated alkanes) is 1. The highest BCUT2D eigenvalue weighted by Gasteiger charge is 2.29. The van der Waals surface area contributed by atoms with Crippen LogP contribution in [0, 0.1) is 5.92 Å². The zero-order valence-corrected chi connectivity index (χ0v) is 8.31. The van der Waals surface area contributed by atoms with Crippen molar-refractivity contribution in [2.45, 2.75) is 32.6 Å². The Morgan fingerprint density at radius 1 is 1.67 bits per heavy atom. The summed E-state index contributed by atoms with van der Waals surface area (Å²) in [5, 5.41) is 0. The number of hydrogen-bond acceptors (Lipinski definition) is 1. The molecule has 0 radical (unpaired) electrons. The maximum atomic E-state index is 11.5. The molecule has 0 saturated carbocycles. The molecule has 0 aromatic rings. The van der Waals surface area contributed by atoms with E-state index in [0.717, 1.165) is 25.8 Å². The maximum Gasteiger partial charge on any atom is 0.226 e. The lowest BCUT2D eigenvalue weighted by atomic mass is 10.0. The molecule has 1 unspecified atom stereocenters. The Hall–Kier alpha value is -0.240. The van der Waals surface area contributed by atoms with Crippen LogP contribution in [0.25, 0.3) is 0 Å². The zero-order chi connectivity index (χ0) is 8.97. The van der Waals surface area contributed by atoms with Gasteiger partial charge in [0.15, 0.2) is 0 Å². The number of likely N-dealkylation sites (tertiary alicyclic amines) is 1. The number of amides is 1. The summed E-state index contributed by atoms with van der Waals surface area (Å²) >= 11 is 5.61. The molecule has 12 heavy (non-hydrogen) atoms. The summed E-state index contributed by atoms with van der Waals surface area (Å²) in [6.07, 6.45) is 4.38. The largest absolute Gasteiger partial charge is 0.329 e. The lowest BCUT2D eigenvalue weighted by Gasteiger charge is -2.11. The summed E-state index contributed by atoms with van der Waals surface area (Å²) in [5.74, 6) is 0.530. The summed E-state index contributed by atoms with van der Waals surface area (Å²) in [7, 11) is 0. The molecule has 0 aliphatic carbocycles. The van der Waals surface area contributed by atoms with Gasteiger partial charge in [-0.3, -0.25) is 4.79 Å². The predicted molar refractivity (Wildman–Crippen MR) is 50.1 cm³/mol. The number of carbonyl (C=O) groups is 1. The highest BCUT2D eigenvalue weighted by Crippen LogP contribution is 2.23. The van der Waals surface area contributed by atoms with Gasteiger partial charge >= 0.3 is 0 Å². The van der Waals surface area contributed by atoms with Crippen LogP contribution in [-0.4, -0.2) is 23.4 Å². The molecule has 0 spiro atoms. The normalized spacial score (nSPS) is 23.7. The fourth-order valence-electron chi connectivity index (χ4n) is 1.64. The van der Waals surface area contributed by atoms with Crippen molar-refractivity contribution < 1.29 is 4.79 Å². The average molecular weight is 190 g/mol. The van der Waals surface area contributed by atoms with E-state index < -0.39 is 0 Å². The smallest absolute Gasteiger partial charge is 0.226 e. The van der Waals surface area contributed by atoms with Crippen molar-refractivity contribution in [3.8, 4) is 0 Å². The first-order valence-electron chi connectivity index (χ1n) is 4.64. The predicted octanol–water partition coefficient (Wildman–Crippen LogP) is 2.22.